The summed E-state index contributed by atoms with van der Waals surface area (Å²) in [5, 5.41) is 0. The van der Waals surface area contributed by atoms with Crippen molar-refractivity contribution >= 4 is 17.9 Å². The van der Waals surface area contributed by atoms with Crippen LogP contribution >= 0.6 is 0 Å². The van der Waals surface area contributed by atoms with Crippen LogP contribution in [0.25, 0.3) is 0 Å². The van der Waals surface area contributed by atoms with Crippen LogP contribution in [0.4, 0.5) is 0 Å². The third-order valence-electron chi connectivity index (χ3n) is 22.5. The Labute approximate surface area is 449 Å². The molecule has 0 N–H and O–H groups in total. The molecule has 15 fully saturated rings. The van der Waals surface area contributed by atoms with Crippen molar-refractivity contribution in [1.29, 1.82) is 0 Å². The van der Waals surface area contributed by atoms with Crippen LogP contribution in [-0.2, 0) is 81.6 Å². The molecule has 0 aromatic rings. The molecule has 15 rings (SSSR count). The average Bonchev–Trinajstić information content (AvgIpc) is 3.98. The molecule has 15 aliphatic rings. The Hall–Kier alpha value is -2.07. The van der Waals surface area contributed by atoms with Crippen LogP contribution in [0.3, 0.4) is 0 Å². The van der Waals surface area contributed by atoms with Gasteiger partial charge in [0.25, 0.3) is 0 Å². The predicted octanol–water partition coefficient (Wildman–Crippen LogP) is 8.30. The quantitative estimate of drug-likeness (QED) is 0.0866. The molecule has 6 unspecified atom stereocenters. The molecular weight excluding hydrogens is 983 g/mol. The first-order valence-electron chi connectivity index (χ1n) is 29.9. The molecule has 3 spiro atoms. The van der Waals surface area contributed by atoms with Gasteiger partial charge in [0, 0.05) is 50.4 Å². The first-order chi connectivity index (χ1) is 36.3. The van der Waals surface area contributed by atoms with Crippen LogP contribution in [-0.4, -0.2) is 133 Å². The minimum absolute atomic E-state index is 0.0822. The maximum absolute atomic E-state index is 13.8. The number of hydrogen-bond acceptors (Lipinski definition) is 18. The Morgan fingerprint density at radius 2 is 0.829 bits per heavy atom. The highest BCUT2D eigenvalue weighted by Crippen LogP contribution is 2.64. The van der Waals surface area contributed by atoms with Gasteiger partial charge >= 0.3 is 17.9 Å². The fraction of sp³-hybridized carbons (Fsp3) is 0.948. The van der Waals surface area contributed by atoms with Crippen LogP contribution in [0.15, 0.2) is 0 Å². The van der Waals surface area contributed by atoms with Gasteiger partial charge in [-0.2, -0.15) is 0 Å². The minimum Gasteiger partial charge on any atom is -0.465 e. The minimum atomic E-state index is -0.890. The summed E-state index contributed by atoms with van der Waals surface area (Å²) in [5.41, 5.74) is -2.23. The fourth-order valence-electron chi connectivity index (χ4n) is 18.2. The third-order valence-corrected chi connectivity index (χ3v) is 22.5. The third kappa shape index (κ3) is 9.14. The smallest absolute Gasteiger partial charge is 0.320 e. The molecule has 428 valence electrons. The zero-order valence-electron chi connectivity index (χ0n) is 46.8. The Morgan fingerprint density at radius 1 is 0.447 bits per heavy atom. The molecule has 0 aromatic carbocycles. The molecular formula is C58H89NO17. The zero-order valence-corrected chi connectivity index (χ0v) is 46.8. The van der Waals surface area contributed by atoms with E-state index in [9.17, 15) is 14.4 Å². The number of carbonyl (C=O) groups is 3. The van der Waals surface area contributed by atoms with Crippen LogP contribution < -0.4 is 0 Å². The molecule has 4 aliphatic carbocycles. The van der Waals surface area contributed by atoms with Gasteiger partial charge in [0.15, 0.2) is 23.8 Å². The maximum Gasteiger partial charge on any atom is 0.320 e. The lowest BCUT2D eigenvalue weighted by Crippen LogP contribution is -2.70. The molecule has 76 heavy (non-hydrogen) atoms. The Bertz CT molecular complexity index is 1940. The summed E-state index contributed by atoms with van der Waals surface area (Å²) >= 11 is 0. The van der Waals surface area contributed by atoms with Gasteiger partial charge in [0.1, 0.15) is 11.2 Å². The number of fused-ring (bicyclic) bond motifs is 6. The number of carbonyl (C=O) groups excluding carboxylic acids is 3. The van der Waals surface area contributed by atoms with Crippen molar-refractivity contribution < 1.29 is 81.6 Å². The molecule has 11 heterocycles. The van der Waals surface area contributed by atoms with Crippen LogP contribution in [0.5, 0.6) is 0 Å². The second-order valence-corrected chi connectivity index (χ2v) is 27.1. The van der Waals surface area contributed by atoms with E-state index in [1.807, 2.05) is 13.8 Å². The number of nitrogens with zero attached hydrogens (tertiary/aromatic N) is 1. The molecule has 0 aromatic heterocycles. The van der Waals surface area contributed by atoms with Crippen LogP contribution in [0.2, 0.25) is 0 Å². The van der Waals surface area contributed by atoms with Gasteiger partial charge in [-0.3, -0.25) is 19.3 Å². The van der Waals surface area contributed by atoms with E-state index in [1.165, 1.54) is 4.90 Å². The van der Waals surface area contributed by atoms with E-state index in [-0.39, 0.29) is 111 Å². The van der Waals surface area contributed by atoms with Crippen molar-refractivity contribution in [3.8, 4) is 0 Å². The maximum atomic E-state index is 13.8. The first-order valence-corrected chi connectivity index (χ1v) is 29.9. The summed E-state index contributed by atoms with van der Waals surface area (Å²) in [6.07, 6.45) is 11.9. The van der Waals surface area contributed by atoms with E-state index in [0.29, 0.717) is 42.9 Å². The number of esters is 3. The average molecular weight is 1070 g/mol. The van der Waals surface area contributed by atoms with Crippen LogP contribution in [0.1, 0.15) is 165 Å². The SMILES string of the molecule is C[C@@H]1CC[C@H]2[C@@H](C)C(CCOC(=O)CN(CC(=O)OCCC3O[C@@H]4OC5(C)CC[C@H]6[C@H](C)CC[C@@H]([C@H]3C)[C@@]46OO5)CC(=O)OCCC3O[C@@H]4CC5(C)CC[C@H]6[C@H](C)CC[C@@H]([C@H]3C)[C@@]46OO5)O[C@@H]3OC4(C)CC[C@@H]1[C@]32OO4. The summed E-state index contributed by atoms with van der Waals surface area (Å²) in [6, 6.07) is 0. The molecule has 11 saturated heterocycles. The van der Waals surface area contributed by atoms with Crippen molar-refractivity contribution in [1.82, 2.24) is 4.90 Å². The van der Waals surface area contributed by atoms with E-state index < -0.39 is 64.5 Å². The molecule has 0 radical (unpaired) electrons. The molecule has 18 heteroatoms. The van der Waals surface area contributed by atoms with Gasteiger partial charge in [0.2, 0.25) is 11.6 Å². The number of ether oxygens (including phenoxy) is 8. The Kier molecular flexibility index (Phi) is 14.6. The number of rotatable bonds is 15. The monoisotopic (exact) mass is 1070 g/mol. The summed E-state index contributed by atoms with van der Waals surface area (Å²) in [7, 11) is 0. The van der Waals surface area contributed by atoms with Crippen molar-refractivity contribution in [2.24, 2.45) is 71.0 Å². The van der Waals surface area contributed by atoms with Crippen molar-refractivity contribution in [2.45, 2.75) is 236 Å². The van der Waals surface area contributed by atoms with Crippen LogP contribution in [0, 0.1) is 71.0 Å². The van der Waals surface area contributed by atoms with Crippen molar-refractivity contribution in [3.05, 3.63) is 0 Å². The van der Waals surface area contributed by atoms with Gasteiger partial charge in [-0.15, -0.1) is 0 Å². The van der Waals surface area contributed by atoms with Crippen molar-refractivity contribution in [2.75, 3.05) is 39.5 Å². The summed E-state index contributed by atoms with van der Waals surface area (Å²) in [4.78, 5) is 80.1. The van der Waals surface area contributed by atoms with Gasteiger partial charge < -0.3 is 37.9 Å². The lowest BCUT2D eigenvalue weighted by Gasteiger charge is -2.61. The Balaban J connectivity index is 0.676. The highest BCUT2D eigenvalue weighted by Gasteiger charge is 2.72. The topological polar surface area (TPSA) is 184 Å². The van der Waals surface area contributed by atoms with E-state index in [0.717, 1.165) is 83.5 Å². The van der Waals surface area contributed by atoms with Gasteiger partial charge in [-0.1, -0.05) is 41.5 Å². The second kappa shape index (κ2) is 20.4. The zero-order chi connectivity index (χ0) is 53.2. The molecule has 6 bridgehead atoms. The Morgan fingerprint density at radius 3 is 1.28 bits per heavy atom. The molecule has 11 aliphatic heterocycles. The normalized spacial score (nSPS) is 51.6. The molecule has 4 saturated carbocycles. The van der Waals surface area contributed by atoms with E-state index >= 15 is 0 Å². The van der Waals surface area contributed by atoms with Gasteiger partial charge in [0.05, 0.1) is 63.9 Å². The standard InChI is InChI=1S/C58H89NO17/c1-32-10-13-41-35(4)44(66-47-28-53(7)22-16-38(32)56(41,47)74-71-53)19-25-63-48(60)29-59(30-49(61)64-26-20-45-36(5)42-14-11-33(2)39-17-23-54(8)69-51(67-45)57(39,42)75-72-54)31-50(62)65-27-21-46-37(6)43-15-12-34(3)40-18-24-55(9)70-52(68-46)58(40,43)76-73-55/h32-47,51-52H,10-31H2,1-9H3/t32-,33-,34-,35-,36-,37-,38+,39+,40+,41+,42+,43+,44?,45?,46?,47-,51-,52-,53?,54?,55?,56-,57-,58-/m1/s1. The lowest BCUT2D eigenvalue weighted by atomic mass is 9.56. The highest BCUT2D eigenvalue weighted by atomic mass is 17.3. The molecule has 24 atom stereocenters. The van der Waals surface area contributed by atoms with E-state index in [1.54, 1.807) is 0 Å². The summed E-state index contributed by atoms with van der Waals surface area (Å²) < 4.78 is 51.3. The lowest BCUT2D eigenvalue weighted by molar-refractivity contribution is -0.571. The molecule has 0 amide bonds. The fourth-order valence-corrected chi connectivity index (χ4v) is 18.2. The summed E-state index contributed by atoms with van der Waals surface area (Å²) in [5.74, 6) is -0.304. The van der Waals surface area contributed by atoms with Crippen molar-refractivity contribution in [3.63, 3.8) is 0 Å². The predicted molar refractivity (Wildman–Crippen MR) is 267 cm³/mol. The van der Waals surface area contributed by atoms with E-state index in [4.69, 9.17) is 67.2 Å². The first kappa shape index (κ1) is 54.5. The number of hydrogen-bond donors (Lipinski definition) is 0. The summed E-state index contributed by atoms with van der Waals surface area (Å²) in [6.45, 7) is 18.8. The van der Waals surface area contributed by atoms with Gasteiger partial charge in [-0.25, -0.2) is 29.3 Å². The highest BCUT2D eigenvalue weighted by molar-refractivity contribution is 5.78. The van der Waals surface area contributed by atoms with Gasteiger partial charge in [-0.05, 0) is 144 Å². The largest absolute Gasteiger partial charge is 0.465 e. The second-order valence-electron chi connectivity index (χ2n) is 27.1. The molecule has 18 nitrogen and oxygen atoms in total. The van der Waals surface area contributed by atoms with E-state index in [2.05, 4.69) is 48.5 Å².